The second-order valence-electron chi connectivity index (χ2n) is 7.81. The maximum absolute atomic E-state index is 13.1. The number of benzene rings is 1. The van der Waals surface area contributed by atoms with E-state index in [0.29, 0.717) is 26.1 Å². The monoisotopic (exact) mass is 345 g/mol. The summed E-state index contributed by atoms with van der Waals surface area (Å²) < 4.78 is 5.72. The molecule has 2 atom stereocenters. The summed E-state index contributed by atoms with van der Waals surface area (Å²) in [6.45, 7) is 1.69. The molecule has 1 aromatic rings. The molecule has 1 saturated heterocycles. The predicted molar refractivity (Wildman–Crippen MR) is 93.1 cm³/mol. The number of nitrogens with zero attached hydrogens (tertiary/aromatic N) is 1. The Kier molecular flexibility index (Phi) is 4.34. The van der Waals surface area contributed by atoms with Crippen LogP contribution in [-0.4, -0.2) is 59.5 Å². The fourth-order valence-corrected chi connectivity index (χ4v) is 4.75. The number of piperidine rings is 1. The van der Waals surface area contributed by atoms with Crippen molar-refractivity contribution in [3.63, 3.8) is 0 Å². The summed E-state index contributed by atoms with van der Waals surface area (Å²) in [5.41, 5.74) is 0.597. The highest BCUT2D eigenvalue weighted by Crippen LogP contribution is 2.53. The van der Waals surface area contributed by atoms with Gasteiger partial charge in [0, 0.05) is 24.9 Å². The molecule has 5 nitrogen and oxygen atoms in total. The lowest BCUT2D eigenvalue weighted by atomic mass is 9.58. The van der Waals surface area contributed by atoms with E-state index >= 15 is 0 Å². The number of hydrogen-bond donors (Lipinski definition) is 2. The third kappa shape index (κ3) is 2.69. The van der Waals surface area contributed by atoms with Crippen molar-refractivity contribution in [2.75, 3.05) is 26.3 Å². The summed E-state index contributed by atoms with van der Waals surface area (Å²) >= 11 is 0. The lowest BCUT2D eigenvalue weighted by Crippen LogP contribution is -2.63. The van der Waals surface area contributed by atoms with Crippen molar-refractivity contribution in [3.8, 4) is 0 Å². The number of ether oxygens (including phenoxy) is 1. The van der Waals surface area contributed by atoms with Gasteiger partial charge in [-0.25, -0.2) is 0 Å². The minimum Gasteiger partial charge on any atom is -0.394 e. The van der Waals surface area contributed by atoms with Crippen molar-refractivity contribution in [2.45, 2.75) is 49.7 Å². The number of aliphatic hydroxyl groups is 2. The smallest absolute Gasteiger partial charge is 0.233 e. The lowest BCUT2D eigenvalue weighted by molar-refractivity contribution is -0.213. The average molecular weight is 345 g/mol. The number of amides is 1. The first kappa shape index (κ1) is 17.0. The molecule has 136 valence electrons. The molecule has 2 N–H and O–H groups in total. The highest BCUT2D eigenvalue weighted by molar-refractivity contribution is 5.91. The first-order valence-electron chi connectivity index (χ1n) is 9.38. The molecule has 0 bridgehead atoms. The van der Waals surface area contributed by atoms with Gasteiger partial charge < -0.3 is 19.8 Å². The zero-order valence-electron chi connectivity index (χ0n) is 14.6. The molecule has 2 saturated carbocycles. The molecule has 0 radical (unpaired) electrons. The van der Waals surface area contributed by atoms with E-state index < -0.39 is 0 Å². The molecule has 5 heteroatoms. The predicted octanol–water partition coefficient (Wildman–Crippen LogP) is 1.47. The Hall–Kier alpha value is -1.43. The second-order valence-corrected chi connectivity index (χ2v) is 7.81. The largest absolute Gasteiger partial charge is 0.394 e. The molecule has 1 aliphatic heterocycles. The van der Waals surface area contributed by atoms with Gasteiger partial charge in [-0.2, -0.15) is 0 Å². The van der Waals surface area contributed by atoms with Crippen LogP contribution in [0.25, 0.3) is 0 Å². The minimum absolute atomic E-state index is 0.00683. The number of likely N-dealkylation sites (tertiary alicyclic amines) is 1. The van der Waals surface area contributed by atoms with Crippen LogP contribution in [0.3, 0.4) is 0 Å². The third-order valence-corrected chi connectivity index (χ3v) is 6.62. The van der Waals surface area contributed by atoms with Gasteiger partial charge in [-0.3, -0.25) is 4.79 Å². The third-order valence-electron chi connectivity index (χ3n) is 6.62. The molecule has 1 amide bonds. The van der Waals surface area contributed by atoms with E-state index in [1.165, 1.54) is 0 Å². The Bertz CT molecular complexity index is 620. The van der Waals surface area contributed by atoms with Crippen LogP contribution in [0.2, 0.25) is 0 Å². The fraction of sp³-hybridized carbons (Fsp3) is 0.650. The maximum Gasteiger partial charge on any atom is 0.233 e. The Morgan fingerprint density at radius 3 is 2.40 bits per heavy atom. The normalized spacial score (nSPS) is 29.3. The molecule has 3 fully saturated rings. The summed E-state index contributed by atoms with van der Waals surface area (Å²) in [4.78, 5) is 15.1. The number of hydrogen-bond acceptors (Lipinski definition) is 4. The van der Waals surface area contributed by atoms with Gasteiger partial charge in [0.1, 0.15) is 0 Å². The van der Waals surface area contributed by atoms with Gasteiger partial charge in [-0.15, -0.1) is 0 Å². The topological polar surface area (TPSA) is 70.0 Å². The fourth-order valence-electron chi connectivity index (χ4n) is 4.75. The SMILES string of the molecule is O=C(N1CCC2(CC1)C(O)CC2OCCO)C1(c2ccccc2)CC1. The maximum atomic E-state index is 13.1. The van der Waals surface area contributed by atoms with Crippen LogP contribution in [0.4, 0.5) is 0 Å². The van der Waals surface area contributed by atoms with E-state index in [9.17, 15) is 9.90 Å². The standard InChI is InChI=1S/C20H27NO4/c22-12-13-25-17-14-16(23)20(17)8-10-21(11-9-20)18(24)19(6-7-19)15-4-2-1-3-5-15/h1-5,16-17,22-23H,6-14H2. The molecule has 1 spiro atoms. The zero-order valence-corrected chi connectivity index (χ0v) is 14.6. The van der Waals surface area contributed by atoms with Gasteiger partial charge in [0.05, 0.1) is 30.8 Å². The summed E-state index contributed by atoms with van der Waals surface area (Å²) in [7, 11) is 0. The van der Waals surface area contributed by atoms with Gasteiger partial charge in [0.25, 0.3) is 0 Å². The van der Waals surface area contributed by atoms with E-state index in [0.717, 1.165) is 31.2 Å². The Labute approximate surface area is 148 Å². The average Bonchev–Trinajstić information content (AvgIpc) is 3.47. The first-order chi connectivity index (χ1) is 12.1. The van der Waals surface area contributed by atoms with Crippen LogP contribution in [0, 0.1) is 5.41 Å². The minimum atomic E-state index is -0.350. The van der Waals surface area contributed by atoms with E-state index in [-0.39, 0.29) is 35.6 Å². The molecule has 1 heterocycles. The summed E-state index contributed by atoms with van der Waals surface area (Å²) in [5, 5.41) is 19.3. The highest BCUT2D eigenvalue weighted by Gasteiger charge is 2.58. The number of aliphatic hydroxyl groups excluding tert-OH is 2. The van der Waals surface area contributed by atoms with Gasteiger partial charge in [-0.05, 0) is 31.2 Å². The van der Waals surface area contributed by atoms with Crippen molar-refractivity contribution in [1.82, 2.24) is 4.90 Å². The van der Waals surface area contributed by atoms with Gasteiger partial charge in [-0.1, -0.05) is 30.3 Å². The number of rotatable bonds is 5. The summed E-state index contributed by atoms with van der Waals surface area (Å²) in [6.07, 6.45) is 3.72. The Morgan fingerprint density at radius 1 is 1.16 bits per heavy atom. The highest BCUT2D eigenvalue weighted by atomic mass is 16.5. The number of carbonyl (C=O) groups is 1. The number of carbonyl (C=O) groups excluding carboxylic acids is 1. The van der Waals surface area contributed by atoms with Crippen LogP contribution in [0.15, 0.2) is 30.3 Å². The molecule has 1 aromatic carbocycles. The summed E-state index contributed by atoms with van der Waals surface area (Å²) in [6, 6.07) is 10.1. The quantitative estimate of drug-likeness (QED) is 0.848. The van der Waals surface area contributed by atoms with E-state index in [4.69, 9.17) is 9.84 Å². The summed E-state index contributed by atoms with van der Waals surface area (Å²) in [5.74, 6) is 0.246. The van der Waals surface area contributed by atoms with E-state index in [2.05, 4.69) is 12.1 Å². The molecule has 4 rings (SSSR count). The zero-order chi connectivity index (χ0) is 17.5. The lowest BCUT2D eigenvalue weighted by Gasteiger charge is -2.56. The van der Waals surface area contributed by atoms with Crippen molar-refractivity contribution in [1.29, 1.82) is 0 Å². The van der Waals surface area contributed by atoms with Gasteiger partial charge in [0.15, 0.2) is 0 Å². The van der Waals surface area contributed by atoms with Crippen LogP contribution in [0.5, 0.6) is 0 Å². The Morgan fingerprint density at radius 2 is 1.84 bits per heavy atom. The van der Waals surface area contributed by atoms with E-state index in [1.54, 1.807) is 0 Å². The van der Waals surface area contributed by atoms with Crippen molar-refractivity contribution in [2.24, 2.45) is 5.41 Å². The van der Waals surface area contributed by atoms with Crippen molar-refractivity contribution in [3.05, 3.63) is 35.9 Å². The molecule has 0 aromatic heterocycles. The molecule has 25 heavy (non-hydrogen) atoms. The molecular formula is C20H27NO4. The van der Waals surface area contributed by atoms with Gasteiger partial charge in [0.2, 0.25) is 5.91 Å². The van der Waals surface area contributed by atoms with Crippen molar-refractivity contribution >= 4 is 5.91 Å². The van der Waals surface area contributed by atoms with Crippen LogP contribution >= 0.6 is 0 Å². The molecular weight excluding hydrogens is 318 g/mol. The van der Waals surface area contributed by atoms with Crippen LogP contribution in [-0.2, 0) is 14.9 Å². The van der Waals surface area contributed by atoms with Crippen molar-refractivity contribution < 1.29 is 19.7 Å². The second kappa shape index (κ2) is 6.38. The molecule has 2 aliphatic carbocycles. The Balaban J connectivity index is 1.41. The molecule has 2 unspecified atom stereocenters. The first-order valence-corrected chi connectivity index (χ1v) is 9.38. The molecule has 3 aliphatic rings. The van der Waals surface area contributed by atoms with E-state index in [1.807, 2.05) is 23.1 Å². The van der Waals surface area contributed by atoms with Gasteiger partial charge >= 0.3 is 0 Å². The van der Waals surface area contributed by atoms with Crippen LogP contribution in [0.1, 0.15) is 37.7 Å². The van der Waals surface area contributed by atoms with Crippen LogP contribution < -0.4 is 0 Å².